The number of nitrogens with zero attached hydrogens (tertiary/aromatic N) is 2. The standard InChI is InChI=1S/C21H24N4O5S3/c1-2-15-5-3-4-12-25(15)33(29,30)16-8-6-14(7-9-16)20(26)24-21-23-18-11-10-17(32(22,27)28)13-19(18)31-21/h6-11,13,15H,2-5,12H2,1H3,(H2,22,27,28)(H,23,24,26)/t15-/m1/s1. The van der Waals surface area contributed by atoms with Gasteiger partial charge in [-0.05, 0) is 61.7 Å². The maximum atomic E-state index is 13.1. The highest BCUT2D eigenvalue weighted by molar-refractivity contribution is 7.89. The van der Waals surface area contributed by atoms with E-state index in [1.165, 1.54) is 42.5 Å². The van der Waals surface area contributed by atoms with E-state index in [1.54, 1.807) is 4.31 Å². The van der Waals surface area contributed by atoms with E-state index < -0.39 is 26.0 Å². The van der Waals surface area contributed by atoms with E-state index in [4.69, 9.17) is 5.14 Å². The number of nitrogens with one attached hydrogen (secondary N) is 1. The zero-order chi connectivity index (χ0) is 23.8. The van der Waals surface area contributed by atoms with Gasteiger partial charge in [-0.3, -0.25) is 10.1 Å². The molecule has 0 aliphatic carbocycles. The van der Waals surface area contributed by atoms with E-state index >= 15 is 0 Å². The molecule has 0 bridgehead atoms. The van der Waals surface area contributed by atoms with Crippen LogP contribution in [0.25, 0.3) is 10.2 Å². The molecule has 2 aromatic carbocycles. The summed E-state index contributed by atoms with van der Waals surface area (Å²) < 4.78 is 51.4. The minimum atomic E-state index is -3.84. The first-order chi connectivity index (χ1) is 15.6. The van der Waals surface area contributed by atoms with Gasteiger partial charge in [-0.15, -0.1) is 0 Å². The molecule has 1 aliphatic rings. The first-order valence-electron chi connectivity index (χ1n) is 10.5. The molecule has 1 atom stereocenters. The van der Waals surface area contributed by atoms with Gasteiger partial charge in [0.25, 0.3) is 5.91 Å². The lowest BCUT2D eigenvalue weighted by Gasteiger charge is -2.34. The molecule has 12 heteroatoms. The number of hydrogen-bond acceptors (Lipinski definition) is 7. The summed E-state index contributed by atoms with van der Waals surface area (Å²) in [7, 11) is -7.47. The first-order valence-corrected chi connectivity index (χ1v) is 14.3. The van der Waals surface area contributed by atoms with Crippen LogP contribution in [0.4, 0.5) is 5.13 Å². The molecule has 1 saturated heterocycles. The molecule has 4 rings (SSSR count). The number of primary sulfonamides is 1. The van der Waals surface area contributed by atoms with Gasteiger partial charge in [0.15, 0.2) is 5.13 Å². The normalized spacial score (nSPS) is 17.8. The number of fused-ring (bicyclic) bond motifs is 1. The third-order valence-corrected chi connectivity index (χ3v) is 9.49. The Morgan fingerprint density at radius 1 is 1.12 bits per heavy atom. The quantitative estimate of drug-likeness (QED) is 0.524. The van der Waals surface area contributed by atoms with Crippen LogP contribution in [-0.4, -0.2) is 44.6 Å². The highest BCUT2D eigenvalue weighted by Gasteiger charge is 2.32. The molecule has 3 N–H and O–H groups in total. The Morgan fingerprint density at radius 2 is 1.82 bits per heavy atom. The molecule has 1 aliphatic heterocycles. The van der Waals surface area contributed by atoms with Crippen molar-refractivity contribution in [2.45, 2.75) is 48.4 Å². The third-order valence-electron chi connectivity index (χ3n) is 5.68. The Hall–Kier alpha value is -2.38. The zero-order valence-electron chi connectivity index (χ0n) is 17.9. The smallest absolute Gasteiger partial charge is 0.257 e. The van der Waals surface area contributed by atoms with Gasteiger partial charge >= 0.3 is 0 Å². The van der Waals surface area contributed by atoms with E-state index in [0.717, 1.165) is 37.0 Å². The molecule has 1 amide bonds. The average molecular weight is 509 g/mol. The molecule has 1 fully saturated rings. The van der Waals surface area contributed by atoms with Crippen molar-refractivity contribution in [3.05, 3.63) is 48.0 Å². The van der Waals surface area contributed by atoms with Crippen LogP contribution in [0.3, 0.4) is 0 Å². The molecule has 2 heterocycles. The van der Waals surface area contributed by atoms with Crippen molar-refractivity contribution in [2.75, 3.05) is 11.9 Å². The van der Waals surface area contributed by atoms with Gasteiger partial charge < -0.3 is 0 Å². The van der Waals surface area contributed by atoms with Crippen LogP contribution < -0.4 is 10.5 Å². The molecule has 0 saturated carbocycles. The van der Waals surface area contributed by atoms with Crippen molar-refractivity contribution in [1.29, 1.82) is 0 Å². The van der Waals surface area contributed by atoms with Crippen LogP contribution in [0.15, 0.2) is 52.3 Å². The minimum absolute atomic E-state index is 0.000495. The number of anilines is 1. The molecule has 33 heavy (non-hydrogen) atoms. The second-order valence-corrected chi connectivity index (χ2v) is 12.3. The fraction of sp³-hybridized carbons (Fsp3) is 0.333. The van der Waals surface area contributed by atoms with Crippen LogP contribution in [0.5, 0.6) is 0 Å². The number of piperidine rings is 1. The molecule has 0 radical (unpaired) electrons. The summed E-state index contributed by atoms with van der Waals surface area (Å²) >= 11 is 1.11. The molecule has 0 spiro atoms. The van der Waals surface area contributed by atoms with Gasteiger partial charge in [0.05, 0.1) is 20.0 Å². The van der Waals surface area contributed by atoms with Gasteiger partial charge in [0.2, 0.25) is 20.0 Å². The van der Waals surface area contributed by atoms with Crippen LogP contribution >= 0.6 is 11.3 Å². The molecule has 1 aromatic heterocycles. The van der Waals surface area contributed by atoms with Gasteiger partial charge in [-0.25, -0.2) is 27.0 Å². The summed E-state index contributed by atoms with van der Waals surface area (Å²) in [5.74, 6) is -0.450. The SMILES string of the molecule is CC[C@@H]1CCCCN1S(=O)(=O)c1ccc(C(=O)Nc2nc3ccc(S(N)(=O)=O)cc3s2)cc1. The summed E-state index contributed by atoms with van der Waals surface area (Å²) in [6, 6.07) is 10.1. The molecular formula is C21H24N4O5S3. The second kappa shape index (κ2) is 9.11. The van der Waals surface area contributed by atoms with E-state index in [2.05, 4.69) is 10.3 Å². The third kappa shape index (κ3) is 4.94. The van der Waals surface area contributed by atoms with Gasteiger partial charge in [-0.2, -0.15) is 4.31 Å². The fourth-order valence-corrected chi connectivity index (χ4v) is 7.20. The lowest BCUT2D eigenvalue weighted by molar-refractivity contribution is 0.102. The monoisotopic (exact) mass is 508 g/mol. The average Bonchev–Trinajstić information content (AvgIpc) is 3.20. The lowest BCUT2D eigenvalue weighted by atomic mass is 10.0. The molecule has 0 unspecified atom stereocenters. The number of thiazole rings is 1. The summed E-state index contributed by atoms with van der Waals surface area (Å²) in [5, 5.41) is 8.12. The largest absolute Gasteiger partial charge is 0.298 e. The van der Waals surface area contributed by atoms with Crippen molar-refractivity contribution in [3.63, 3.8) is 0 Å². The van der Waals surface area contributed by atoms with Crippen LogP contribution in [0, 0.1) is 0 Å². The molecule has 176 valence electrons. The summed E-state index contributed by atoms with van der Waals surface area (Å²) in [5.41, 5.74) is 0.806. The topological polar surface area (TPSA) is 140 Å². The van der Waals surface area contributed by atoms with Crippen LogP contribution in [0.2, 0.25) is 0 Å². The van der Waals surface area contributed by atoms with Crippen molar-refractivity contribution >= 4 is 52.6 Å². The second-order valence-electron chi connectivity index (χ2n) is 7.85. The van der Waals surface area contributed by atoms with Crippen molar-refractivity contribution in [1.82, 2.24) is 9.29 Å². The first kappa shape index (κ1) is 23.8. The fourth-order valence-electron chi connectivity index (χ4n) is 3.92. The highest BCUT2D eigenvalue weighted by atomic mass is 32.2. The number of carbonyl (C=O) groups excluding carboxylic acids is 1. The zero-order valence-corrected chi connectivity index (χ0v) is 20.3. The Morgan fingerprint density at radius 3 is 2.48 bits per heavy atom. The Labute approximate surface area is 196 Å². The van der Waals surface area contributed by atoms with Crippen LogP contribution in [0.1, 0.15) is 43.0 Å². The lowest BCUT2D eigenvalue weighted by Crippen LogP contribution is -2.43. The predicted octanol–water partition coefficient (Wildman–Crippen LogP) is 3.15. The van der Waals surface area contributed by atoms with E-state index in [1.807, 2.05) is 6.92 Å². The van der Waals surface area contributed by atoms with Gasteiger partial charge in [-0.1, -0.05) is 24.7 Å². The van der Waals surface area contributed by atoms with Crippen molar-refractivity contribution < 1.29 is 21.6 Å². The number of amides is 1. The number of hydrogen-bond donors (Lipinski definition) is 2. The maximum Gasteiger partial charge on any atom is 0.257 e. The summed E-state index contributed by atoms with van der Waals surface area (Å²) in [6.07, 6.45) is 3.49. The van der Waals surface area contributed by atoms with E-state index in [0.29, 0.717) is 16.8 Å². The number of benzene rings is 2. The number of rotatable bonds is 6. The Balaban J connectivity index is 1.52. The predicted molar refractivity (Wildman–Crippen MR) is 127 cm³/mol. The number of nitrogens with two attached hydrogens (primary N) is 1. The highest BCUT2D eigenvalue weighted by Crippen LogP contribution is 2.29. The Bertz CT molecular complexity index is 1400. The van der Waals surface area contributed by atoms with E-state index in [-0.39, 0.29) is 26.5 Å². The summed E-state index contributed by atoms with van der Waals surface area (Å²) in [4.78, 5) is 17.1. The van der Waals surface area contributed by atoms with Gasteiger partial charge in [0, 0.05) is 18.2 Å². The van der Waals surface area contributed by atoms with Gasteiger partial charge in [0.1, 0.15) is 0 Å². The van der Waals surface area contributed by atoms with E-state index in [9.17, 15) is 21.6 Å². The molecule has 9 nitrogen and oxygen atoms in total. The molecular weight excluding hydrogens is 484 g/mol. The summed E-state index contributed by atoms with van der Waals surface area (Å²) in [6.45, 7) is 2.50. The Kier molecular flexibility index (Phi) is 6.56. The minimum Gasteiger partial charge on any atom is -0.298 e. The number of aromatic nitrogens is 1. The number of sulfonamides is 2. The maximum absolute atomic E-state index is 13.1. The van der Waals surface area contributed by atoms with Crippen LogP contribution in [-0.2, 0) is 20.0 Å². The molecule has 3 aromatic rings. The number of carbonyl (C=O) groups is 1. The van der Waals surface area contributed by atoms with Crippen molar-refractivity contribution in [3.8, 4) is 0 Å². The van der Waals surface area contributed by atoms with Crippen molar-refractivity contribution in [2.24, 2.45) is 5.14 Å².